The van der Waals surface area contributed by atoms with Crippen molar-refractivity contribution in [1.82, 2.24) is 15.1 Å². The Morgan fingerprint density at radius 1 is 1.23 bits per heavy atom. The van der Waals surface area contributed by atoms with E-state index in [2.05, 4.69) is 49.0 Å². The van der Waals surface area contributed by atoms with Gasteiger partial charge in [0.1, 0.15) is 6.61 Å². The number of aliphatic imine (C=N–C) groups is 1. The number of nitrogens with zero attached hydrogens (tertiary/aromatic N) is 3. The number of benzene rings is 1. The van der Waals surface area contributed by atoms with Crippen LogP contribution in [0.25, 0.3) is 0 Å². The Labute approximate surface area is 182 Å². The first-order chi connectivity index (χ1) is 14.6. The van der Waals surface area contributed by atoms with Crippen LogP contribution in [0.4, 0.5) is 0 Å². The van der Waals surface area contributed by atoms with Crippen LogP contribution in [0.1, 0.15) is 32.8 Å². The lowest BCUT2D eigenvalue weighted by atomic mass is 10.1. The largest absolute Gasteiger partial charge is 0.493 e. The van der Waals surface area contributed by atoms with Crippen molar-refractivity contribution in [3.63, 3.8) is 0 Å². The Kier molecular flexibility index (Phi) is 10.8. The van der Waals surface area contributed by atoms with E-state index in [1.54, 1.807) is 7.11 Å². The zero-order chi connectivity index (χ0) is 21.8. The van der Waals surface area contributed by atoms with E-state index in [4.69, 9.17) is 19.2 Å². The molecule has 1 atom stereocenters. The van der Waals surface area contributed by atoms with Crippen molar-refractivity contribution < 1.29 is 14.2 Å². The molecule has 0 saturated carbocycles. The van der Waals surface area contributed by atoms with Crippen molar-refractivity contribution in [3.05, 3.63) is 23.8 Å². The summed E-state index contributed by atoms with van der Waals surface area (Å²) < 4.78 is 17.0. The Morgan fingerprint density at radius 3 is 2.67 bits per heavy atom. The van der Waals surface area contributed by atoms with Crippen LogP contribution in [0, 0.1) is 5.92 Å². The number of likely N-dealkylation sites (N-methyl/N-ethyl adjacent to an activating group) is 1. The Hall–Kier alpha value is -1.99. The summed E-state index contributed by atoms with van der Waals surface area (Å²) in [6.07, 6.45) is 1.12. The highest BCUT2D eigenvalue weighted by Gasteiger charge is 2.19. The molecule has 1 fully saturated rings. The molecular formula is C23H40N4O3. The van der Waals surface area contributed by atoms with Gasteiger partial charge in [-0.3, -0.25) is 0 Å². The van der Waals surface area contributed by atoms with E-state index < -0.39 is 0 Å². The minimum atomic E-state index is 0.576. The number of rotatable bonds is 12. The van der Waals surface area contributed by atoms with Gasteiger partial charge in [-0.05, 0) is 44.1 Å². The third kappa shape index (κ3) is 7.69. The standard InChI is InChI=1S/C23H40N4O3/c1-6-24-23(26(4)17-20-11-13-29-18-20)25-16-19-9-10-21(22(15-19)28-5)30-14-12-27(7-2)8-3/h9-10,15,20H,6-8,11-14,16-18H2,1-5H3,(H,24,25). The normalized spacial score (nSPS) is 16.7. The highest BCUT2D eigenvalue weighted by Crippen LogP contribution is 2.28. The Balaban J connectivity index is 1.97. The molecule has 1 aliphatic heterocycles. The highest BCUT2D eigenvalue weighted by atomic mass is 16.5. The van der Waals surface area contributed by atoms with E-state index >= 15 is 0 Å². The summed E-state index contributed by atoms with van der Waals surface area (Å²) in [5.74, 6) is 3.03. The second-order valence-corrected chi connectivity index (χ2v) is 7.64. The minimum Gasteiger partial charge on any atom is -0.493 e. The summed E-state index contributed by atoms with van der Waals surface area (Å²) in [6, 6.07) is 6.07. The summed E-state index contributed by atoms with van der Waals surface area (Å²) in [4.78, 5) is 9.36. The average molecular weight is 421 g/mol. The van der Waals surface area contributed by atoms with E-state index in [1.807, 2.05) is 12.1 Å². The third-order valence-electron chi connectivity index (χ3n) is 5.45. The summed E-state index contributed by atoms with van der Waals surface area (Å²) in [5.41, 5.74) is 1.09. The van der Waals surface area contributed by atoms with Crippen molar-refractivity contribution in [2.75, 3.05) is 66.7 Å². The fourth-order valence-corrected chi connectivity index (χ4v) is 3.59. The number of methoxy groups -OCH3 is 1. The van der Waals surface area contributed by atoms with Crippen LogP contribution < -0.4 is 14.8 Å². The molecule has 1 aliphatic rings. The van der Waals surface area contributed by atoms with Crippen molar-refractivity contribution in [2.45, 2.75) is 33.7 Å². The molecule has 1 N–H and O–H groups in total. The van der Waals surface area contributed by atoms with Crippen LogP contribution in [0.5, 0.6) is 11.5 Å². The Bertz CT molecular complexity index is 643. The predicted octanol–water partition coefficient (Wildman–Crippen LogP) is 2.85. The Morgan fingerprint density at radius 2 is 2.03 bits per heavy atom. The summed E-state index contributed by atoms with van der Waals surface area (Å²) >= 11 is 0. The van der Waals surface area contributed by atoms with E-state index in [0.717, 1.165) is 75.4 Å². The van der Waals surface area contributed by atoms with Gasteiger partial charge in [-0.2, -0.15) is 0 Å². The molecule has 0 spiro atoms. The molecule has 170 valence electrons. The first kappa shape index (κ1) is 24.3. The smallest absolute Gasteiger partial charge is 0.193 e. The van der Waals surface area contributed by atoms with Gasteiger partial charge in [0.25, 0.3) is 0 Å². The molecule has 1 aromatic carbocycles. The lowest BCUT2D eigenvalue weighted by Gasteiger charge is -2.24. The number of hydrogen-bond acceptors (Lipinski definition) is 5. The molecule has 0 amide bonds. The molecule has 0 radical (unpaired) electrons. The lowest BCUT2D eigenvalue weighted by molar-refractivity contribution is 0.181. The molecule has 0 aliphatic carbocycles. The fraction of sp³-hybridized carbons (Fsp3) is 0.696. The minimum absolute atomic E-state index is 0.576. The SMILES string of the molecule is CCNC(=NCc1ccc(OCCN(CC)CC)c(OC)c1)N(C)CC1CCOC1. The first-order valence-electron chi connectivity index (χ1n) is 11.2. The zero-order valence-electron chi connectivity index (χ0n) is 19.4. The number of nitrogens with one attached hydrogen (secondary N) is 1. The molecular weight excluding hydrogens is 380 g/mol. The molecule has 1 unspecified atom stereocenters. The van der Waals surface area contributed by atoms with Crippen LogP contribution >= 0.6 is 0 Å². The van der Waals surface area contributed by atoms with E-state index in [9.17, 15) is 0 Å². The molecule has 1 saturated heterocycles. The van der Waals surface area contributed by atoms with E-state index in [-0.39, 0.29) is 0 Å². The molecule has 7 nitrogen and oxygen atoms in total. The zero-order valence-corrected chi connectivity index (χ0v) is 19.4. The average Bonchev–Trinajstić information content (AvgIpc) is 3.27. The first-order valence-corrected chi connectivity index (χ1v) is 11.2. The molecule has 0 aromatic heterocycles. The van der Waals surface area contributed by atoms with Crippen molar-refractivity contribution in [3.8, 4) is 11.5 Å². The number of hydrogen-bond donors (Lipinski definition) is 1. The van der Waals surface area contributed by atoms with Gasteiger partial charge in [-0.25, -0.2) is 4.99 Å². The molecule has 0 bridgehead atoms. The van der Waals surface area contributed by atoms with Gasteiger partial charge in [0.15, 0.2) is 17.5 Å². The van der Waals surface area contributed by atoms with Crippen molar-refractivity contribution >= 4 is 5.96 Å². The van der Waals surface area contributed by atoms with Gasteiger partial charge in [0.05, 0.1) is 20.3 Å². The van der Waals surface area contributed by atoms with Crippen LogP contribution in [0.15, 0.2) is 23.2 Å². The molecule has 7 heteroatoms. The van der Waals surface area contributed by atoms with Crippen LogP contribution in [0.2, 0.25) is 0 Å². The quantitative estimate of drug-likeness (QED) is 0.415. The number of ether oxygens (including phenoxy) is 3. The van der Waals surface area contributed by atoms with Crippen LogP contribution in [-0.4, -0.2) is 82.5 Å². The second kappa shape index (κ2) is 13.3. The lowest BCUT2D eigenvalue weighted by Crippen LogP contribution is -2.41. The van der Waals surface area contributed by atoms with Gasteiger partial charge in [0, 0.05) is 39.2 Å². The van der Waals surface area contributed by atoms with Gasteiger partial charge in [-0.1, -0.05) is 19.9 Å². The van der Waals surface area contributed by atoms with Gasteiger partial charge >= 0.3 is 0 Å². The maximum atomic E-state index is 5.96. The second-order valence-electron chi connectivity index (χ2n) is 7.64. The van der Waals surface area contributed by atoms with Crippen molar-refractivity contribution in [2.24, 2.45) is 10.9 Å². The fourth-order valence-electron chi connectivity index (χ4n) is 3.59. The van der Waals surface area contributed by atoms with Gasteiger partial charge in [-0.15, -0.1) is 0 Å². The number of guanidine groups is 1. The summed E-state index contributed by atoms with van der Waals surface area (Å²) in [5, 5.41) is 3.39. The predicted molar refractivity (Wildman–Crippen MR) is 123 cm³/mol. The van der Waals surface area contributed by atoms with E-state index in [1.165, 1.54) is 0 Å². The van der Waals surface area contributed by atoms with E-state index in [0.29, 0.717) is 19.1 Å². The summed E-state index contributed by atoms with van der Waals surface area (Å²) in [7, 11) is 3.77. The van der Waals surface area contributed by atoms with Crippen LogP contribution in [-0.2, 0) is 11.3 Å². The maximum Gasteiger partial charge on any atom is 0.193 e. The topological polar surface area (TPSA) is 58.6 Å². The molecule has 1 aromatic rings. The van der Waals surface area contributed by atoms with Crippen LogP contribution in [0.3, 0.4) is 0 Å². The molecule has 1 heterocycles. The van der Waals surface area contributed by atoms with Crippen molar-refractivity contribution in [1.29, 1.82) is 0 Å². The van der Waals surface area contributed by atoms with Gasteiger partial charge in [0.2, 0.25) is 0 Å². The monoisotopic (exact) mass is 420 g/mol. The molecule has 2 rings (SSSR count). The summed E-state index contributed by atoms with van der Waals surface area (Å²) in [6.45, 7) is 14.1. The highest BCUT2D eigenvalue weighted by molar-refractivity contribution is 5.79. The van der Waals surface area contributed by atoms with Gasteiger partial charge < -0.3 is 29.3 Å². The third-order valence-corrected chi connectivity index (χ3v) is 5.45. The molecule has 30 heavy (non-hydrogen) atoms. The maximum absolute atomic E-state index is 5.96.